The van der Waals surface area contributed by atoms with Gasteiger partial charge in [-0.15, -0.1) is 0 Å². The molecule has 0 saturated carbocycles. The van der Waals surface area contributed by atoms with E-state index in [2.05, 4.69) is 37.6 Å². The van der Waals surface area contributed by atoms with E-state index in [1.165, 1.54) is 0 Å². The Labute approximate surface area is 157 Å². The second kappa shape index (κ2) is 8.63. The SMILES string of the molecule is Cc1nc(CC(=O)NCC(=O)Nc2ccc(N3CCN(C)CC3)cc2)no1. The summed E-state index contributed by atoms with van der Waals surface area (Å²) in [7, 11) is 2.12. The van der Waals surface area contributed by atoms with Gasteiger partial charge in [0.1, 0.15) is 0 Å². The molecule has 0 bridgehead atoms. The molecule has 9 heteroatoms. The fourth-order valence-corrected chi connectivity index (χ4v) is 2.82. The van der Waals surface area contributed by atoms with E-state index in [0.717, 1.165) is 31.9 Å². The molecule has 0 atom stereocenters. The van der Waals surface area contributed by atoms with E-state index >= 15 is 0 Å². The molecule has 2 aromatic rings. The number of anilines is 2. The number of carbonyl (C=O) groups is 2. The smallest absolute Gasteiger partial charge is 0.243 e. The van der Waals surface area contributed by atoms with Crippen molar-refractivity contribution in [1.29, 1.82) is 0 Å². The molecule has 9 nitrogen and oxygen atoms in total. The van der Waals surface area contributed by atoms with Crippen molar-refractivity contribution in [2.45, 2.75) is 13.3 Å². The summed E-state index contributed by atoms with van der Waals surface area (Å²) < 4.78 is 4.80. The monoisotopic (exact) mass is 372 g/mol. The number of benzene rings is 1. The Hall–Kier alpha value is -2.94. The molecular formula is C18H24N6O3. The van der Waals surface area contributed by atoms with Gasteiger partial charge in [0.2, 0.25) is 17.7 Å². The molecule has 0 aliphatic carbocycles. The minimum atomic E-state index is -0.337. The van der Waals surface area contributed by atoms with Crippen LogP contribution in [-0.2, 0) is 16.0 Å². The standard InChI is InChI=1S/C18H24N6O3/c1-13-20-16(22-27-13)11-17(25)19-12-18(26)21-14-3-5-15(6-4-14)24-9-7-23(2)8-10-24/h3-6H,7-12H2,1-2H3,(H,19,25)(H,21,26). The molecule has 0 unspecified atom stereocenters. The second-order valence-electron chi connectivity index (χ2n) is 6.57. The lowest BCUT2D eigenvalue weighted by Crippen LogP contribution is -2.44. The average molecular weight is 372 g/mol. The van der Waals surface area contributed by atoms with Crippen LogP contribution in [-0.4, -0.2) is 66.6 Å². The Kier molecular flexibility index (Phi) is 6.02. The number of aryl methyl sites for hydroxylation is 1. The normalized spacial score (nSPS) is 14.8. The first kappa shape index (κ1) is 18.8. The summed E-state index contributed by atoms with van der Waals surface area (Å²) in [5.74, 6) is 0.0665. The molecule has 27 heavy (non-hydrogen) atoms. The number of piperazine rings is 1. The minimum absolute atomic E-state index is 0.0235. The van der Waals surface area contributed by atoms with Crippen LogP contribution in [0.4, 0.5) is 11.4 Å². The maximum atomic E-state index is 12.0. The van der Waals surface area contributed by atoms with E-state index < -0.39 is 0 Å². The van der Waals surface area contributed by atoms with Crippen molar-refractivity contribution in [1.82, 2.24) is 20.4 Å². The number of aromatic nitrogens is 2. The summed E-state index contributed by atoms with van der Waals surface area (Å²) in [6.45, 7) is 5.61. The first-order valence-electron chi connectivity index (χ1n) is 8.89. The van der Waals surface area contributed by atoms with Gasteiger partial charge in [-0.3, -0.25) is 9.59 Å². The third-order valence-electron chi connectivity index (χ3n) is 4.35. The summed E-state index contributed by atoms with van der Waals surface area (Å²) in [6.07, 6.45) is -0.0235. The van der Waals surface area contributed by atoms with E-state index in [9.17, 15) is 9.59 Å². The molecule has 1 fully saturated rings. The number of nitrogens with zero attached hydrogens (tertiary/aromatic N) is 4. The zero-order valence-corrected chi connectivity index (χ0v) is 15.6. The molecule has 1 aliphatic rings. The molecule has 144 valence electrons. The Morgan fingerprint density at radius 1 is 1.11 bits per heavy atom. The van der Waals surface area contributed by atoms with Gasteiger partial charge in [0.05, 0.1) is 13.0 Å². The molecule has 2 heterocycles. The molecular weight excluding hydrogens is 348 g/mol. The van der Waals surface area contributed by atoms with Gasteiger partial charge in [-0.2, -0.15) is 4.98 Å². The summed E-state index contributed by atoms with van der Waals surface area (Å²) in [5.41, 5.74) is 1.84. The minimum Gasteiger partial charge on any atom is -0.369 e. The lowest BCUT2D eigenvalue weighted by atomic mass is 10.2. The Balaban J connectivity index is 1.43. The molecule has 2 amide bonds. The Morgan fingerprint density at radius 2 is 1.81 bits per heavy atom. The van der Waals surface area contributed by atoms with E-state index in [0.29, 0.717) is 17.4 Å². The second-order valence-corrected chi connectivity index (χ2v) is 6.57. The highest BCUT2D eigenvalue weighted by molar-refractivity contribution is 5.94. The first-order chi connectivity index (χ1) is 13.0. The van der Waals surface area contributed by atoms with Crippen LogP contribution in [0.25, 0.3) is 0 Å². The predicted molar refractivity (Wildman–Crippen MR) is 101 cm³/mol. The molecule has 1 aromatic carbocycles. The highest BCUT2D eigenvalue weighted by Gasteiger charge is 2.14. The summed E-state index contributed by atoms with van der Waals surface area (Å²) >= 11 is 0. The topological polar surface area (TPSA) is 104 Å². The zero-order valence-electron chi connectivity index (χ0n) is 15.6. The number of hydrogen-bond donors (Lipinski definition) is 2. The van der Waals surface area contributed by atoms with Gasteiger partial charge in [0.15, 0.2) is 5.82 Å². The van der Waals surface area contributed by atoms with Crippen LogP contribution in [0.1, 0.15) is 11.7 Å². The maximum absolute atomic E-state index is 12.0. The predicted octanol–water partition coefficient (Wildman–Crippen LogP) is 0.427. The van der Waals surface area contributed by atoms with Crippen molar-refractivity contribution in [3.05, 3.63) is 36.0 Å². The van der Waals surface area contributed by atoms with Gasteiger partial charge in [0.25, 0.3) is 0 Å². The van der Waals surface area contributed by atoms with Gasteiger partial charge in [-0.25, -0.2) is 0 Å². The van der Waals surface area contributed by atoms with Crippen molar-refractivity contribution in [3.63, 3.8) is 0 Å². The molecule has 3 rings (SSSR count). The zero-order chi connectivity index (χ0) is 19.2. The van der Waals surface area contributed by atoms with Crippen molar-refractivity contribution in [2.24, 2.45) is 0 Å². The largest absolute Gasteiger partial charge is 0.369 e. The molecule has 0 spiro atoms. The van der Waals surface area contributed by atoms with Crippen LogP contribution in [0.5, 0.6) is 0 Å². The Morgan fingerprint density at radius 3 is 2.44 bits per heavy atom. The van der Waals surface area contributed by atoms with Gasteiger partial charge < -0.3 is 25.0 Å². The fraction of sp³-hybridized carbons (Fsp3) is 0.444. The van der Waals surface area contributed by atoms with E-state index in [4.69, 9.17) is 4.52 Å². The van der Waals surface area contributed by atoms with E-state index in [1.807, 2.05) is 24.3 Å². The van der Waals surface area contributed by atoms with Gasteiger partial charge >= 0.3 is 0 Å². The lowest BCUT2D eigenvalue weighted by molar-refractivity contribution is -0.123. The number of carbonyl (C=O) groups excluding carboxylic acids is 2. The average Bonchev–Trinajstić information content (AvgIpc) is 3.06. The summed E-state index contributed by atoms with van der Waals surface area (Å²) in [4.78, 5) is 32.4. The van der Waals surface area contributed by atoms with E-state index in [-0.39, 0.29) is 24.8 Å². The third kappa shape index (κ3) is 5.52. The highest BCUT2D eigenvalue weighted by Crippen LogP contribution is 2.19. The summed E-state index contributed by atoms with van der Waals surface area (Å²) in [5, 5.41) is 8.96. The number of likely N-dealkylation sites (N-methyl/N-ethyl adjacent to an activating group) is 1. The third-order valence-corrected chi connectivity index (χ3v) is 4.35. The maximum Gasteiger partial charge on any atom is 0.243 e. The highest BCUT2D eigenvalue weighted by atomic mass is 16.5. The summed E-state index contributed by atoms with van der Waals surface area (Å²) in [6, 6.07) is 7.74. The van der Waals surface area contributed by atoms with Gasteiger partial charge in [-0.05, 0) is 31.3 Å². The van der Waals surface area contributed by atoms with Crippen LogP contribution in [0.15, 0.2) is 28.8 Å². The molecule has 0 radical (unpaired) electrons. The lowest BCUT2D eigenvalue weighted by Gasteiger charge is -2.34. The van der Waals surface area contributed by atoms with Gasteiger partial charge in [-0.1, -0.05) is 5.16 Å². The number of hydrogen-bond acceptors (Lipinski definition) is 7. The van der Waals surface area contributed by atoms with Crippen molar-refractivity contribution in [3.8, 4) is 0 Å². The van der Waals surface area contributed by atoms with E-state index in [1.54, 1.807) is 6.92 Å². The van der Waals surface area contributed by atoms with Crippen LogP contribution in [0, 0.1) is 6.92 Å². The molecule has 2 N–H and O–H groups in total. The van der Waals surface area contributed by atoms with Crippen LogP contribution in [0.3, 0.4) is 0 Å². The fourth-order valence-electron chi connectivity index (χ4n) is 2.82. The van der Waals surface area contributed by atoms with Crippen LogP contribution < -0.4 is 15.5 Å². The molecule has 1 saturated heterocycles. The quantitative estimate of drug-likeness (QED) is 0.758. The first-order valence-corrected chi connectivity index (χ1v) is 8.89. The van der Waals surface area contributed by atoms with Crippen molar-refractivity contribution >= 4 is 23.2 Å². The van der Waals surface area contributed by atoms with Crippen molar-refractivity contribution in [2.75, 3.05) is 50.0 Å². The Bertz CT molecular complexity index is 781. The molecule has 1 aromatic heterocycles. The van der Waals surface area contributed by atoms with Gasteiger partial charge in [0, 0.05) is 44.5 Å². The van der Waals surface area contributed by atoms with Crippen molar-refractivity contribution < 1.29 is 14.1 Å². The molecule has 1 aliphatic heterocycles. The number of amides is 2. The van der Waals surface area contributed by atoms with Crippen LogP contribution in [0.2, 0.25) is 0 Å². The number of nitrogens with one attached hydrogen (secondary N) is 2. The number of rotatable bonds is 6. The van der Waals surface area contributed by atoms with Crippen LogP contribution >= 0.6 is 0 Å².